The first kappa shape index (κ1) is 13.2. The molecule has 1 atom stereocenters. The van der Waals surface area contributed by atoms with E-state index in [1.165, 1.54) is 4.90 Å². The van der Waals surface area contributed by atoms with E-state index in [1.807, 2.05) is 13.0 Å². The van der Waals surface area contributed by atoms with Crippen molar-refractivity contribution in [2.24, 2.45) is 0 Å². The van der Waals surface area contributed by atoms with Gasteiger partial charge in [0.2, 0.25) is 5.91 Å². The Bertz CT molecular complexity index is 211. The molecule has 0 spiro atoms. The number of nitrogens with zero attached hydrogens (tertiary/aromatic N) is 2. The van der Waals surface area contributed by atoms with Crippen LogP contribution in [-0.2, 0) is 4.79 Å². The molecule has 0 fully saturated rings. The second-order valence-electron chi connectivity index (χ2n) is 2.87. The first-order valence-corrected chi connectivity index (χ1v) is 5.07. The van der Waals surface area contributed by atoms with Crippen LogP contribution in [0.25, 0.3) is 0 Å². The number of aliphatic hydroxyl groups is 1. The van der Waals surface area contributed by atoms with Crippen LogP contribution >= 0.6 is 11.6 Å². The highest BCUT2D eigenvalue weighted by Crippen LogP contribution is 2.06. The Morgan fingerprint density at radius 3 is 2.71 bits per heavy atom. The Balaban J connectivity index is 4.37. The summed E-state index contributed by atoms with van der Waals surface area (Å²) in [6.07, 6.45) is 0.920. The third-order valence-corrected chi connectivity index (χ3v) is 2.25. The van der Waals surface area contributed by atoms with Gasteiger partial charge in [0.1, 0.15) is 5.88 Å². The van der Waals surface area contributed by atoms with Crippen molar-refractivity contribution in [3.63, 3.8) is 0 Å². The van der Waals surface area contributed by atoms with Crippen LogP contribution in [0.3, 0.4) is 0 Å². The predicted octanol–water partition coefficient (Wildman–Crippen LogP) is 0.738. The van der Waals surface area contributed by atoms with Gasteiger partial charge < -0.3 is 10.0 Å². The highest BCUT2D eigenvalue weighted by Gasteiger charge is 2.20. The molecule has 0 aromatic rings. The molecule has 0 saturated carbocycles. The molecule has 14 heavy (non-hydrogen) atoms. The average molecular weight is 219 g/mol. The maximum Gasteiger partial charge on any atom is 0.237 e. The maximum atomic E-state index is 11.4. The molecule has 0 heterocycles. The highest BCUT2D eigenvalue weighted by atomic mass is 35.5. The molecule has 0 radical (unpaired) electrons. The molecular formula is C9H15ClN2O2. The first-order chi connectivity index (χ1) is 6.71. The summed E-state index contributed by atoms with van der Waals surface area (Å²) in [5.74, 6) is -0.343. The Morgan fingerprint density at radius 1 is 1.71 bits per heavy atom. The summed E-state index contributed by atoms with van der Waals surface area (Å²) >= 11 is 5.43. The van der Waals surface area contributed by atoms with Gasteiger partial charge >= 0.3 is 0 Å². The molecule has 1 N–H and O–H groups in total. The molecule has 0 aliphatic rings. The lowest BCUT2D eigenvalue weighted by atomic mass is 10.2. The minimum absolute atomic E-state index is 0.0927. The molecule has 0 aliphatic heterocycles. The van der Waals surface area contributed by atoms with Crippen molar-refractivity contribution in [3.05, 3.63) is 0 Å². The van der Waals surface area contributed by atoms with Crippen LogP contribution < -0.4 is 0 Å². The van der Waals surface area contributed by atoms with Crippen LogP contribution in [0.4, 0.5) is 0 Å². The largest absolute Gasteiger partial charge is 0.394 e. The minimum atomic E-state index is -0.234. The van der Waals surface area contributed by atoms with Gasteiger partial charge in [-0.05, 0) is 6.42 Å². The molecule has 1 unspecified atom stereocenters. The fourth-order valence-electron chi connectivity index (χ4n) is 1.21. The fraction of sp³-hybridized carbons (Fsp3) is 0.778. The normalized spacial score (nSPS) is 11.9. The van der Waals surface area contributed by atoms with E-state index in [2.05, 4.69) is 0 Å². The molecule has 5 heteroatoms. The number of hydrogen-bond donors (Lipinski definition) is 1. The van der Waals surface area contributed by atoms with Gasteiger partial charge in [0, 0.05) is 6.54 Å². The Morgan fingerprint density at radius 2 is 2.36 bits per heavy atom. The van der Waals surface area contributed by atoms with Crippen LogP contribution in [0, 0.1) is 11.3 Å². The Hall–Kier alpha value is -0.790. The zero-order valence-corrected chi connectivity index (χ0v) is 9.00. The lowest BCUT2D eigenvalue weighted by Gasteiger charge is -2.28. The number of hydrogen-bond acceptors (Lipinski definition) is 3. The Labute approximate surface area is 89.1 Å². The van der Waals surface area contributed by atoms with Gasteiger partial charge in [0.15, 0.2) is 0 Å². The zero-order valence-electron chi connectivity index (χ0n) is 8.24. The van der Waals surface area contributed by atoms with Gasteiger partial charge in [-0.25, -0.2) is 0 Å². The first-order valence-electron chi connectivity index (χ1n) is 4.54. The van der Waals surface area contributed by atoms with Crippen molar-refractivity contribution in [1.82, 2.24) is 4.90 Å². The van der Waals surface area contributed by atoms with Crippen LogP contribution in [0.5, 0.6) is 0 Å². The summed E-state index contributed by atoms with van der Waals surface area (Å²) in [4.78, 5) is 12.8. The lowest BCUT2D eigenvalue weighted by molar-refractivity contribution is -0.131. The van der Waals surface area contributed by atoms with E-state index in [-0.39, 0.29) is 30.9 Å². The van der Waals surface area contributed by atoms with Crippen LogP contribution in [0.15, 0.2) is 0 Å². The second kappa shape index (κ2) is 7.60. The van der Waals surface area contributed by atoms with Crippen molar-refractivity contribution in [2.45, 2.75) is 25.8 Å². The standard InChI is InChI=1S/C9H15ClN2O2/c1-2-8(7-13)12(5-3-4-11)9(14)6-10/h8,13H,2-3,5-7H2,1H3. The number of alkyl halides is 1. The van der Waals surface area contributed by atoms with E-state index in [4.69, 9.17) is 22.0 Å². The van der Waals surface area contributed by atoms with Crippen LogP contribution in [0.1, 0.15) is 19.8 Å². The number of carbonyl (C=O) groups excluding carboxylic acids is 1. The zero-order chi connectivity index (χ0) is 11.0. The van der Waals surface area contributed by atoms with Gasteiger partial charge in [0.05, 0.1) is 25.1 Å². The predicted molar refractivity (Wildman–Crippen MR) is 53.8 cm³/mol. The number of amides is 1. The summed E-state index contributed by atoms with van der Waals surface area (Å²) < 4.78 is 0. The van der Waals surface area contributed by atoms with E-state index in [9.17, 15) is 4.79 Å². The van der Waals surface area contributed by atoms with Crippen LogP contribution in [-0.4, -0.2) is 41.0 Å². The summed E-state index contributed by atoms with van der Waals surface area (Å²) in [5.41, 5.74) is 0. The van der Waals surface area contributed by atoms with Gasteiger partial charge in [-0.2, -0.15) is 5.26 Å². The van der Waals surface area contributed by atoms with Crippen LogP contribution in [0.2, 0.25) is 0 Å². The molecule has 0 aromatic carbocycles. The van der Waals surface area contributed by atoms with E-state index in [0.29, 0.717) is 13.0 Å². The van der Waals surface area contributed by atoms with Gasteiger partial charge in [0.25, 0.3) is 0 Å². The average Bonchev–Trinajstić information content (AvgIpc) is 2.23. The topological polar surface area (TPSA) is 64.3 Å². The fourth-order valence-corrected chi connectivity index (χ4v) is 1.36. The summed E-state index contributed by atoms with van der Waals surface area (Å²) in [7, 11) is 0. The molecule has 0 saturated heterocycles. The molecule has 0 aliphatic carbocycles. The van der Waals surface area contributed by atoms with Crippen molar-refractivity contribution in [3.8, 4) is 6.07 Å². The molecule has 0 rings (SSSR count). The number of halogens is 1. The molecular weight excluding hydrogens is 204 g/mol. The van der Waals surface area contributed by atoms with E-state index >= 15 is 0 Å². The van der Waals surface area contributed by atoms with Gasteiger partial charge in [-0.3, -0.25) is 4.79 Å². The quantitative estimate of drug-likeness (QED) is 0.669. The summed E-state index contributed by atoms with van der Waals surface area (Å²) in [6.45, 7) is 2.12. The van der Waals surface area contributed by atoms with Gasteiger partial charge in [-0.15, -0.1) is 11.6 Å². The van der Waals surface area contributed by atoms with E-state index in [1.54, 1.807) is 0 Å². The molecule has 0 aromatic heterocycles. The smallest absolute Gasteiger partial charge is 0.237 e. The lowest BCUT2D eigenvalue weighted by Crippen LogP contribution is -2.43. The van der Waals surface area contributed by atoms with E-state index < -0.39 is 0 Å². The number of nitriles is 1. The monoisotopic (exact) mass is 218 g/mol. The van der Waals surface area contributed by atoms with Crippen molar-refractivity contribution in [2.75, 3.05) is 19.0 Å². The Kier molecular flexibility index (Phi) is 7.17. The van der Waals surface area contributed by atoms with E-state index in [0.717, 1.165) is 0 Å². The van der Waals surface area contributed by atoms with Crippen molar-refractivity contribution in [1.29, 1.82) is 5.26 Å². The van der Waals surface area contributed by atoms with Crippen molar-refractivity contribution >= 4 is 17.5 Å². The molecule has 80 valence electrons. The molecule has 1 amide bonds. The second-order valence-corrected chi connectivity index (χ2v) is 3.14. The van der Waals surface area contributed by atoms with Gasteiger partial charge in [-0.1, -0.05) is 6.92 Å². The maximum absolute atomic E-state index is 11.4. The minimum Gasteiger partial charge on any atom is -0.394 e. The third kappa shape index (κ3) is 3.95. The number of aliphatic hydroxyl groups excluding tert-OH is 1. The summed E-state index contributed by atoms with van der Waals surface area (Å²) in [5, 5.41) is 17.4. The number of carbonyl (C=O) groups is 1. The molecule has 4 nitrogen and oxygen atoms in total. The summed E-state index contributed by atoms with van der Waals surface area (Å²) in [6, 6.07) is 1.73. The molecule has 0 bridgehead atoms. The third-order valence-electron chi connectivity index (χ3n) is 2.02. The highest BCUT2D eigenvalue weighted by molar-refractivity contribution is 6.27. The van der Waals surface area contributed by atoms with Crippen molar-refractivity contribution < 1.29 is 9.90 Å². The number of rotatable bonds is 6. The SMILES string of the molecule is CCC(CO)N(CCC#N)C(=O)CCl.